The highest BCUT2D eigenvalue weighted by Gasteiger charge is 2.49. The Morgan fingerprint density at radius 3 is 2.34 bits per heavy atom. The van der Waals surface area contributed by atoms with Gasteiger partial charge in [0.05, 0.1) is 5.69 Å². The molecule has 4 aromatic rings. The molecule has 1 atom stereocenters. The normalized spacial score (nSPS) is 16.5. The zero-order valence-electron chi connectivity index (χ0n) is 20.0. The summed E-state index contributed by atoms with van der Waals surface area (Å²) in [4.78, 5) is 18.5. The van der Waals surface area contributed by atoms with E-state index in [1.807, 2.05) is 44.2 Å². The second kappa shape index (κ2) is 8.79. The first-order valence-corrected chi connectivity index (χ1v) is 12.4. The molecule has 1 unspecified atom stereocenters. The summed E-state index contributed by atoms with van der Waals surface area (Å²) in [5.74, 6) is 2.42. The van der Waals surface area contributed by atoms with Gasteiger partial charge in [0.25, 0.3) is 0 Å². The zero-order valence-corrected chi connectivity index (χ0v) is 20.0. The molecule has 2 aliphatic carbocycles. The van der Waals surface area contributed by atoms with E-state index in [1.54, 1.807) is 6.20 Å². The summed E-state index contributed by atoms with van der Waals surface area (Å²) in [6.07, 6.45) is 7.05. The molecule has 180 valence electrons. The summed E-state index contributed by atoms with van der Waals surface area (Å²) in [6, 6.07) is 9.90. The first-order valence-electron chi connectivity index (χ1n) is 12.4. The molecule has 2 aliphatic rings. The number of rotatable bonds is 9. The van der Waals surface area contributed by atoms with E-state index in [0.717, 1.165) is 39.7 Å². The quantitative estimate of drug-likeness (QED) is 0.290. The van der Waals surface area contributed by atoms with Gasteiger partial charge in [0, 0.05) is 35.3 Å². The molecule has 3 heterocycles. The molecular weight excluding hydrogens is 440 g/mol. The van der Waals surface area contributed by atoms with E-state index in [-0.39, 0.29) is 11.8 Å². The lowest BCUT2D eigenvalue weighted by molar-refractivity contribution is -0.119. The van der Waals surface area contributed by atoms with Crippen LogP contribution in [0.2, 0.25) is 0 Å². The number of hydrogen-bond acceptors (Lipinski definition) is 5. The minimum absolute atomic E-state index is 0.0238. The molecule has 9 heteroatoms. The number of anilines is 1. The zero-order chi connectivity index (χ0) is 23.9. The number of H-pyrrole nitrogens is 3. The Kier molecular flexibility index (Phi) is 5.47. The second-order valence-corrected chi connectivity index (χ2v) is 10.0. The van der Waals surface area contributed by atoms with E-state index >= 15 is 0 Å². The molecule has 6 rings (SSSR count). The molecule has 9 nitrogen and oxygen atoms in total. The Labute approximate surface area is 203 Å². The van der Waals surface area contributed by atoms with Crippen molar-refractivity contribution in [2.75, 3.05) is 5.32 Å². The monoisotopic (exact) mass is 470 g/mol. The third-order valence-electron chi connectivity index (χ3n) is 7.31. The van der Waals surface area contributed by atoms with Gasteiger partial charge < -0.3 is 5.32 Å². The van der Waals surface area contributed by atoms with Gasteiger partial charge >= 0.3 is 0 Å². The molecule has 2 fully saturated rings. The topological polar surface area (TPSA) is 128 Å². The highest BCUT2D eigenvalue weighted by Crippen LogP contribution is 2.54. The first-order chi connectivity index (χ1) is 17.1. The summed E-state index contributed by atoms with van der Waals surface area (Å²) < 4.78 is 0. The fraction of sp³-hybridized carbons (Fsp3) is 0.423. The predicted molar refractivity (Wildman–Crippen MR) is 132 cm³/mol. The number of aryl methyl sites for hydroxylation is 2. The minimum atomic E-state index is -0.361. The Morgan fingerprint density at radius 1 is 1.00 bits per heavy atom. The van der Waals surface area contributed by atoms with Crippen LogP contribution in [0.25, 0.3) is 11.1 Å². The van der Waals surface area contributed by atoms with Crippen molar-refractivity contribution >= 4 is 11.6 Å². The van der Waals surface area contributed by atoms with Crippen LogP contribution in [-0.2, 0) is 11.2 Å². The number of nitrogens with zero attached hydrogens (tertiary/aromatic N) is 4. The van der Waals surface area contributed by atoms with Crippen molar-refractivity contribution in [2.45, 2.75) is 51.9 Å². The number of hydrogen-bond donors (Lipinski definition) is 4. The highest BCUT2D eigenvalue weighted by atomic mass is 16.2. The average Bonchev–Trinajstić information content (AvgIpc) is 3.75. The van der Waals surface area contributed by atoms with Crippen molar-refractivity contribution in [3.8, 4) is 11.1 Å². The van der Waals surface area contributed by atoms with Crippen molar-refractivity contribution in [2.24, 2.45) is 17.8 Å². The summed E-state index contributed by atoms with van der Waals surface area (Å²) in [5, 5.41) is 25.0. The van der Waals surface area contributed by atoms with E-state index in [2.05, 4.69) is 35.9 Å². The largest absolute Gasteiger partial charge is 0.325 e. The van der Waals surface area contributed by atoms with Crippen molar-refractivity contribution in [3.05, 3.63) is 65.3 Å². The fourth-order valence-corrected chi connectivity index (χ4v) is 5.36. The van der Waals surface area contributed by atoms with E-state index in [1.165, 1.54) is 25.7 Å². The second-order valence-electron chi connectivity index (χ2n) is 10.0. The third-order valence-corrected chi connectivity index (χ3v) is 7.31. The molecule has 0 spiro atoms. The van der Waals surface area contributed by atoms with Crippen LogP contribution >= 0.6 is 0 Å². The van der Waals surface area contributed by atoms with Gasteiger partial charge in [-0.05, 0) is 81.0 Å². The standard InChI is InChI=1S/C26H30N8O/c1-14-22(15(2)31-30-14)16-7-9-19(10-8-16)28-26(35)24(23(17-3-4-17)18-5-6-18)25-29-21(33-34-25)13-20-11-12-27-32-20/h7-12,17-18,23-24H,3-6,13H2,1-2H3,(H,27,32)(H,28,35)(H,30,31)(H,29,33,34). The van der Waals surface area contributed by atoms with Crippen molar-refractivity contribution < 1.29 is 4.79 Å². The lowest BCUT2D eigenvalue weighted by Crippen LogP contribution is -2.31. The smallest absolute Gasteiger partial charge is 0.235 e. The van der Waals surface area contributed by atoms with Gasteiger partial charge in [-0.2, -0.15) is 15.3 Å². The molecular formula is C26H30N8O. The first kappa shape index (κ1) is 21.8. The molecule has 2 saturated carbocycles. The number of aromatic nitrogens is 7. The number of carbonyl (C=O) groups excluding carboxylic acids is 1. The van der Waals surface area contributed by atoms with Crippen molar-refractivity contribution in [3.63, 3.8) is 0 Å². The number of amides is 1. The Balaban J connectivity index is 1.25. The van der Waals surface area contributed by atoms with Gasteiger partial charge in [-0.15, -0.1) is 0 Å². The van der Waals surface area contributed by atoms with Gasteiger partial charge in [0.15, 0.2) is 5.82 Å². The van der Waals surface area contributed by atoms with Gasteiger partial charge in [0.2, 0.25) is 5.91 Å². The number of aromatic amines is 3. The van der Waals surface area contributed by atoms with Crippen LogP contribution in [0.5, 0.6) is 0 Å². The van der Waals surface area contributed by atoms with E-state index in [0.29, 0.717) is 30.0 Å². The van der Waals surface area contributed by atoms with Crippen LogP contribution in [0, 0.1) is 31.6 Å². The summed E-state index contributed by atoms with van der Waals surface area (Å²) >= 11 is 0. The van der Waals surface area contributed by atoms with Crippen LogP contribution in [0.1, 0.15) is 60.3 Å². The molecule has 0 saturated heterocycles. The molecule has 3 aromatic heterocycles. The van der Waals surface area contributed by atoms with Gasteiger partial charge in [0.1, 0.15) is 11.7 Å². The molecule has 35 heavy (non-hydrogen) atoms. The lowest BCUT2D eigenvalue weighted by Gasteiger charge is -2.24. The number of nitrogens with one attached hydrogen (secondary N) is 4. The van der Waals surface area contributed by atoms with E-state index < -0.39 is 0 Å². The molecule has 0 aliphatic heterocycles. The predicted octanol–water partition coefficient (Wildman–Crippen LogP) is 4.28. The summed E-state index contributed by atoms with van der Waals surface area (Å²) in [6.45, 7) is 4.01. The van der Waals surface area contributed by atoms with E-state index in [4.69, 9.17) is 4.98 Å². The number of carbonyl (C=O) groups is 1. The van der Waals surface area contributed by atoms with E-state index in [9.17, 15) is 4.79 Å². The third kappa shape index (κ3) is 4.50. The Hall–Kier alpha value is -3.75. The maximum atomic E-state index is 13.7. The van der Waals surface area contributed by atoms with Crippen LogP contribution < -0.4 is 5.32 Å². The SMILES string of the molecule is Cc1n[nH]c(C)c1-c1ccc(NC(=O)C(c2n[nH]c(Cc3ccn[nH]3)n2)C(C2CC2)C2CC2)cc1. The van der Waals surface area contributed by atoms with Gasteiger partial charge in [-0.3, -0.25) is 20.1 Å². The maximum absolute atomic E-state index is 13.7. The van der Waals surface area contributed by atoms with Crippen molar-refractivity contribution in [1.82, 2.24) is 35.6 Å². The summed E-state index contributed by atoms with van der Waals surface area (Å²) in [5.41, 5.74) is 5.92. The van der Waals surface area contributed by atoms with Crippen LogP contribution in [-0.4, -0.2) is 41.5 Å². The summed E-state index contributed by atoms with van der Waals surface area (Å²) in [7, 11) is 0. The van der Waals surface area contributed by atoms with Crippen LogP contribution in [0.15, 0.2) is 36.5 Å². The van der Waals surface area contributed by atoms with Crippen LogP contribution in [0.3, 0.4) is 0 Å². The number of benzene rings is 1. The fourth-order valence-electron chi connectivity index (χ4n) is 5.36. The van der Waals surface area contributed by atoms with Crippen LogP contribution in [0.4, 0.5) is 5.69 Å². The minimum Gasteiger partial charge on any atom is -0.325 e. The van der Waals surface area contributed by atoms with Gasteiger partial charge in [-0.25, -0.2) is 4.98 Å². The maximum Gasteiger partial charge on any atom is 0.235 e. The van der Waals surface area contributed by atoms with Crippen molar-refractivity contribution in [1.29, 1.82) is 0 Å². The Morgan fingerprint density at radius 2 is 1.74 bits per heavy atom. The molecule has 1 amide bonds. The molecule has 4 N–H and O–H groups in total. The molecule has 0 bridgehead atoms. The highest BCUT2D eigenvalue weighted by molar-refractivity contribution is 5.96. The average molecular weight is 471 g/mol. The Bertz CT molecular complexity index is 1280. The van der Waals surface area contributed by atoms with Gasteiger partial charge in [-0.1, -0.05) is 12.1 Å². The molecule has 1 aromatic carbocycles. The molecule has 0 radical (unpaired) electrons. The lowest BCUT2D eigenvalue weighted by atomic mass is 9.82.